The molecule has 138 valence electrons. The smallest absolute Gasteiger partial charge is 0.250 e. The number of ether oxygens (including phenoxy) is 1. The van der Waals surface area contributed by atoms with Gasteiger partial charge in [0, 0.05) is 22.0 Å². The number of amides is 1. The lowest BCUT2D eigenvalue weighted by molar-refractivity contribution is -0.111. The van der Waals surface area contributed by atoms with Gasteiger partial charge in [0.15, 0.2) is 5.13 Å². The first-order chi connectivity index (χ1) is 13.1. The van der Waals surface area contributed by atoms with Gasteiger partial charge in [0.25, 0.3) is 0 Å². The van der Waals surface area contributed by atoms with E-state index in [-0.39, 0.29) is 5.91 Å². The van der Waals surface area contributed by atoms with Crippen LogP contribution >= 0.6 is 22.9 Å². The summed E-state index contributed by atoms with van der Waals surface area (Å²) in [5, 5.41) is 5.88. The molecule has 1 N–H and O–H groups in total. The molecule has 1 heterocycles. The van der Waals surface area contributed by atoms with Crippen LogP contribution in [0, 0.1) is 0 Å². The molecule has 1 aromatic heterocycles. The lowest BCUT2D eigenvalue weighted by atomic mass is 10.2. The van der Waals surface area contributed by atoms with E-state index in [0.29, 0.717) is 16.8 Å². The third kappa shape index (κ3) is 5.67. The minimum atomic E-state index is -0.237. The van der Waals surface area contributed by atoms with Crippen molar-refractivity contribution in [3.05, 3.63) is 70.6 Å². The predicted octanol–water partition coefficient (Wildman–Crippen LogP) is 5.90. The van der Waals surface area contributed by atoms with Gasteiger partial charge in [-0.05, 0) is 54.5 Å². The zero-order valence-electron chi connectivity index (χ0n) is 14.8. The van der Waals surface area contributed by atoms with Crippen molar-refractivity contribution in [3.8, 4) is 17.0 Å². The van der Waals surface area contributed by atoms with Crippen LogP contribution < -0.4 is 10.1 Å². The standard InChI is InChI=1S/C21H19ClN2O2S/c1-2-12-26-18-9-7-16(8-10-18)19-14-27-21(23-19)24-20(25)11-6-15-4-3-5-17(22)13-15/h3-11,13-14H,2,12H2,1H3,(H,23,24,25). The summed E-state index contributed by atoms with van der Waals surface area (Å²) >= 11 is 7.32. The van der Waals surface area contributed by atoms with Crippen LogP contribution in [0.5, 0.6) is 5.75 Å². The number of nitrogens with zero attached hydrogens (tertiary/aromatic N) is 1. The molecule has 3 aromatic rings. The van der Waals surface area contributed by atoms with Crippen LogP contribution in [0.1, 0.15) is 18.9 Å². The minimum absolute atomic E-state index is 0.237. The maximum absolute atomic E-state index is 12.1. The van der Waals surface area contributed by atoms with Crippen molar-refractivity contribution < 1.29 is 9.53 Å². The molecule has 0 bridgehead atoms. The number of hydrogen-bond donors (Lipinski definition) is 1. The molecule has 0 atom stereocenters. The average molecular weight is 399 g/mol. The first kappa shape index (κ1) is 19.1. The zero-order valence-corrected chi connectivity index (χ0v) is 16.4. The van der Waals surface area contributed by atoms with E-state index in [1.165, 1.54) is 17.4 Å². The Bertz CT molecular complexity index is 935. The number of rotatable bonds is 7. The van der Waals surface area contributed by atoms with Crippen LogP contribution in [0.4, 0.5) is 5.13 Å². The molecule has 0 aliphatic carbocycles. The molecular formula is C21H19ClN2O2S. The van der Waals surface area contributed by atoms with E-state index in [1.807, 2.05) is 41.8 Å². The topological polar surface area (TPSA) is 51.2 Å². The number of carbonyl (C=O) groups excluding carboxylic acids is 1. The number of nitrogens with one attached hydrogen (secondary N) is 1. The summed E-state index contributed by atoms with van der Waals surface area (Å²) in [6, 6.07) is 15.1. The Morgan fingerprint density at radius 1 is 1.26 bits per heavy atom. The van der Waals surface area contributed by atoms with E-state index >= 15 is 0 Å². The highest BCUT2D eigenvalue weighted by atomic mass is 35.5. The summed E-state index contributed by atoms with van der Waals surface area (Å²) in [5.41, 5.74) is 2.66. The van der Waals surface area contributed by atoms with Gasteiger partial charge >= 0.3 is 0 Å². The largest absolute Gasteiger partial charge is 0.494 e. The molecule has 0 saturated carbocycles. The van der Waals surface area contributed by atoms with Gasteiger partial charge in [0.05, 0.1) is 12.3 Å². The lowest BCUT2D eigenvalue weighted by Gasteiger charge is -2.04. The summed E-state index contributed by atoms with van der Waals surface area (Å²) in [7, 11) is 0. The van der Waals surface area contributed by atoms with Gasteiger partial charge < -0.3 is 4.74 Å². The fourth-order valence-electron chi connectivity index (χ4n) is 2.33. The van der Waals surface area contributed by atoms with Gasteiger partial charge in [-0.1, -0.05) is 30.7 Å². The molecule has 2 aromatic carbocycles. The molecule has 0 fully saturated rings. The maximum Gasteiger partial charge on any atom is 0.250 e. The number of anilines is 1. The van der Waals surface area contributed by atoms with Crippen LogP contribution in [-0.2, 0) is 4.79 Å². The van der Waals surface area contributed by atoms with Crippen molar-refractivity contribution in [3.63, 3.8) is 0 Å². The molecule has 0 radical (unpaired) electrons. The van der Waals surface area contributed by atoms with Crippen molar-refractivity contribution in [1.29, 1.82) is 0 Å². The fourth-order valence-corrected chi connectivity index (χ4v) is 3.26. The van der Waals surface area contributed by atoms with Crippen molar-refractivity contribution in [2.75, 3.05) is 11.9 Å². The molecule has 0 saturated heterocycles. The predicted molar refractivity (Wildman–Crippen MR) is 112 cm³/mol. The van der Waals surface area contributed by atoms with Crippen LogP contribution in [-0.4, -0.2) is 17.5 Å². The molecule has 3 rings (SSSR count). The van der Waals surface area contributed by atoms with Gasteiger partial charge in [0.1, 0.15) is 5.75 Å². The Morgan fingerprint density at radius 2 is 2.07 bits per heavy atom. The van der Waals surface area contributed by atoms with E-state index in [4.69, 9.17) is 16.3 Å². The van der Waals surface area contributed by atoms with Crippen LogP contribution in [0.25, 0.3) is 17.3 Å². The van der Waals surface area contributed by atoms with Crippen molar-refractivity contribution in [1.82, 2.24) is 4.98 Å². The zero-order chi connectivity index (χ0) is 19.1. The summed E-state index contributed by atoms with van der Waals surface area (Å²) < 4.78 is 5.58. The third-order valence-electron chi connectivity index (χ3n) is 3.63. The van der Waals surface area contributed by atoms with Crippen LogP contribution in [0.3, 0.4) is 0 Å². The van der Waals surface area contributed by atoms with Gasteiger partial charge in [-0.3, -0.25) is 10.1 Å². The SMILES string of the molecule is CCCOc1ccc(-c2csc(NC(=O)C=Cc3cccc(Cl)c3)n2)cc1. The first-order valence-electron chi connectivity index (χ1n) is 8.57. The number of aromatic nitrogens is 1. The monoisotopic (exact) mass is 398 g/mol. The van der Waals surface area contributed by atoms with E-state index in [9.17, 15) is 4.79 Å². The van der Waals surface area contributed by atoms with E-state index in [2.05, 4.69) is 17.2 Å². The molecule has 0 spiro atoms. The molecular weight excluding hydrogens is 380 g/mol. The number of thiazole rings is 1. The van der Waals surface area contributed by atoms with E-state index in [1.54, 1.807) is 18.2 Å². The van der Waals surface area contributed by atoms with Crippen molar-refractivity contribution in [2.24, 2.45) is 0 Å². The minimum Gasteiger partial charge on any atom is -0.494 e. The number of halogens is 1. The summed E-state index contributed by atoms with van der Waals surface area (Å²) in [4.78, 5) is 16.6. The Hall–Kier alpha value is -2.63. The highest BCUT2D eigenvalue weighted by Gasteiger charge is 2.07. The number of carbonyl (C=O) groups is 1. The van der Waals surface area contributed by atoms with Gasteiger partial charge in [-0.15, -0.1) is 11.3 Å². The van der Waals surface area contributed by atoms with Crippen molar-refractivity contribution >= 4 is 40.1 Å². The molecule has 0 aliphatic heterocycles. The highest BCUT2D eigenvalue weighted by Crippen LogP contribution is 2.26. The third-order valence-corrected chi connectivity index (χ3v) is 4.63. The first-order valence-corrected chi connectivity index (χ1v) is 9.83. The quantitative estimate of drug-likeness (QED) is 0.504. The molecule has 1 amide bonds. The van der Waals surface area contributed by atoms with Crippen molar-refractivity contribution in [2.45, 2.75) is 13.3 Å². The van der Waals surface area contributed by atoms with E-state index in [0.717, 1.165) is 29.0 Å². The second kappa shape index (κ2) is 9.35. The van der Waals surface area contributed by atoms with E-state index < -0.39 is 0 Å². The maximum atomic E-state index is 12.1. The second-order valence-corrected chi connectivity index (χ2v) is 7.08. The molecule has 27 heavy (non-hydrogen) atoms. The van der Waals surface area contributed by atoms with Crippen LogP contribution in [0.15, 0.2) is 60.0 Å². The van der Waals surface area contributed by atoms with Gasteiger partial charge in [-0.2, -0.15) is 0 Å². The normalized spacial score (nSPS) is 10.9. The Morgan fingerprint density at radius 3 is 2.81 bits per heavy atom. The summed E-state index contributed by atoms with van der Waals surface area (Å²) in [5.74, 6) is 0.606. The Balaban J connectivity index is 1.61. The van der Waals surface area contributed by atoms with Crippen LogP contribution in [0.2, 0.25) is 5.02 Å². The second-order valence-electron chi connectivity index (χ2n) is 5.79. The fraction of sp³-hybridized carbons (Fsp3) is 0.143. The highest BCUT2D eigenvalue weighted by molar-refractivity contribution is 7.14. The molecule has 4 nitrogen and oxygen atoms in total. The lowest BCUT2D eigenvalue weighted by Crippen LogP contribution is -2.07. The Kier molecular flexibility index (Phi) is 6.63. The summed E-state index contributed by atoms with van der Waals surface area (Å²) in [6.45, 7) is 2.78. The Labute approximate surface area is 167 Å². The van der Waals surface area contributed by atoms with Gasteiger partial charge in [0.2, 0.25) is 5.91 Å². The summed E-state index contributed by atoms with van der Waals surface area (Å²) in [6.07, 6.45) is 4.15. The molecule has 0 unspecified atom stereocenters. The van der Waals surface area contributed by atoms with Gasteiger partial charge in [-0.25, -0.2) is 4.98 Å². The average Bonchev–Trinajstić information content (AvgIpc) is 3.13. The number of benzene rings is 2. The number of hydrogen-bond acceptors (Lipinski definition) is 4. The molecule has 0 aliphatic rings. The molecule has 6 heteroatoms.